The summed E-state index contributed by atoms with van der Waals surface area (Å²) in [7, 11) is 0. The summed E-state index contributed by atoms with van der Waals surface area (Å²) in [5.74, 6) is 0.565. The number of phenols is 1. The number of benzene rings is 1. The van der Waals surface area contributed by atoms with E-state index in [1.54, 1.807) is 12.1 Å². The summed E-state index contributed by atoms with van der Waals surface area (Å²) in [6.07, 6.45) is 5.57. The molecule has 1 amide bonds. The lowest BCUT2D eigenvalue weighted by Gasteiger charge is -2.30. The Hall–Kier alpha value is -1.71. The van der Waals surface area contributed by atoms with Crippen LogP contribution in [0, 0.1) is 5.92 Å². The van der Waals surface area contributed by atoms with Crippen LogP contribution in [0.2, 0.25) is 0 Å². The van der Waals surface area contributed by atoms with Gasteiger partial charge in [-0.1, -0.05) is 26.7 Å². The molecule has 0 atom stereocenters. The average Bonchev–Trinajstić information content (AvgIpc) is 2.95. The van der Waals surface area contributed by atoms with Gasteiger partial charge in [-0.05, 0) is 43.4 Å². The zero-order valence-electron chi connectivity index (χ0n) is 13.0. The Balaban J connectivity index is 2.17. The minimum absolute atomic E-state index is 0.0119. The van der Waals surface area contributed by atoms with Crippen molar-refractivity contribution >= 4 is 11.6 Å². The molecule has 0 spiro atoms. The first-order valence-electron chi connectivity index (χ1n) is 7.88. The molecule has 0 radical (unpaired) electrons. The van der Waals surface area contributed by atoms with Gasteiger partial charge in [0, 0.05) is 18.2 Å². The van der Waals surface area contributed by atoms with Crippen LogP contribution in [0.25, 0.3) is 0 Å². The topological polar surface area (TPSA) is 66.6 Å². The maximum atomic E-state index is 12.8. The SMILES string of the molecule is CC(C)CCN(C(=O)c1ccc(N)c(O)c1)C1CCCC1. The molecule has 21 heavy (non-hydrogen) atoms. The van der Waals surface area contributed by atoms with Gasteiger partial charge in [0.05, 0.1) is 5.69 Å². The fourth-order valence-electron chi connectivity index (χ4n) is 2.91. The van der Waals surface area contributed by atoms with Gasteiger partial charge in [-0.2, -0.15) is 0 Å². The summed E-state index contributed by atoms with van der Waals surface area (Å²) < 4.78 is 0. The summed E-state index contributed by atoms with van der Waals surface area (Å²) >= 11 is 0. The second-order valence-corrected chi connectivity index (χ2v) is 6.39. The minimum atomic E-state index is -0.0175. The van der Waals surface area contributed by atoms with Gasteiger partial charge in [0.1, 0.15) is 5.75 Å². The molecule has 116 valence electrons. The smallest absolute Gasteiger partial charge is 0.254 e. The molecule has 0 aliphatic heterocycles. The maximum absolute atomic E-state index is 12.8. The minimum Gasteiger partial charge on any atom is -0.506 e. The van der Waals surface area contributed by atoms with E-state index < -0.39 is 0 Å². The van der Waals surface area contributed by atoms with E-state index in [2.05, 4.69) is 13.8 Å². The maximum Gasteiger partial charge on any atom is 0.254 e. The van der Waals surface area contributed by atoms with Gasteiger partial charge < -0.3 is 15.7 Å². The van der Waals surface area contributed by atoms with Crippen molar-refractivity contribution in [2.24, 2.45) is 5.92 Å². The van der Waals surface area contributed by atoms with Crippen LogP contribution in [0.1, 0.15) is 56.3 Å². The molecule has 0 heterocycles. The number of phenolic OH excluding ortho intramolecular Hbond substituents is 1. The molecule has 0 bridgehead atoms. The molecule has 4 heteroatoms. The molecule has 2 rings (SSSR count). The highest BCUT2D eigenvalue weighted by Gasteiger charge is 2.27. The van der Waals surface area contributed by atoms with Gasteiger partial charge in [0.15, 0.2) is 0 Å². The quantitative estimate of drug-likeness (QED) is 0.645. The Morgan fingerprint density at radius 2 is 2.05 bits per heavy atom. The largest absolute Gasteiger partial charge is 0.506 e. The van der Waals surface area contributed by atoms with Crippen LogP contribution in [0.4, 0.5) is 5.69 Å². The molecular formula is C17H26N2O2. The number of aromatic hydroxyl groups is 1. The number of nitrogens with zero attached hydrogens (tertiary/aromatic N) is 1. The van der Waals surface area contributed by atoms with Gasteiger partial charge >= 0.3 is 0 Å². The van der Waals surface area contributed by atoms with Crippen molar-refractivity contribution in [1.82, 2.24) is 4.90 Å². The molecule has 1 aliphatic carbocycles. The Morgan fingerprint density at radius 3 is 2.62 bits per heavy atom. The lowest BCUT2D eigenvalue weighted by Crippen LogP contribution is -2.40. The molecule has 1 aliphatic rings. The highest BCUT2D eigenvalue weighted by Crippen LogP contribution is 2.27. The molecule has 3 N–H and O–H groups in total. The van der Waals surface area contributed by atoms with Gasteiger partial charge in [0.25, 0.3) is 5.91 Å². The summed E-state index contributed by atoms with van der Waals surface area (Å²) in [5, 5.41) is 9.72. The number of anilines is 1. The van der Waals surface area contributed by atoms with Crippen molar-refractivity contribution in [3.63, 3.8) is 0 Å². The number of amides is 1. The first-order chi connectivity index (χ1) is 9.99. The first-order valence-corrected chi connectivity index (χ1v) is 7.88. The summed E-state index contributed by atoms with van der Waals surface area (Å²) in [6, 6.07) is 5.12. The van der Waals surface area contributed by atoms with Crippen molar-refractivity contribution in [1.29, 1.82) is 0 Å². The lowest BCUT2D eigenvalue weighted by molar-refractivity contribution is 0.0671. The summed E-state index contributed by atoms with van der Waals surface area (Å²) in [5.41, 5.74) is 6.44. The van der Waals surface area contributed by atoms with Crippen LogP contribution in [-0.4, -0.2) is 28.5 Å². The number of carbonyl (C=O) groups excluding carboxylic acids is 1. The molecular weight excluding hydrogens is 264 g/mol. The van der Waals surface area contributed by atoms with E-state index in [0.29, 0.717) is 23.2 Å². The Kier molecular flexibility index (Phi) is 5.10. The van der Waals surface area contributed by atoms with Gasteiger partial charge in [0.2, 0.25) is 0 Å². The third-order valence-corrected chi connectivity index (χ3v) is 4.25. The molecule has 1 aromatic rings. The zero-order valence-corrected chi connectivity index (χ0v) is 13.0. The highest BCUT2D eigenvalue weighted by molar-refractivity contribution is 5.95. The molecule has 0 unspecified atom stereocenters. The van der Waals surface area contributed by atoms with E-state index in [9.17, 15) is 9.90 Å². The second-order valence-electron chi connectivity index (χ2n) is 6.39. The van der Waals surface area contributed by atoms with Crippen molar-refractivity contribution in [3.05, 3.63) is 23.8 Å². The van der Waals surface area contributed by atoms with Gasteiger partial charge in [-0.3, -0.25) is 4.79 Å². The normalized spacial score (nSPS) is 15.6. The van der Waals surface area contributed by atoms with E-state index in [0.717, 1.165) is 25.8 Å². The average molecular weight is 290 g/mol. The van der Waals surface area contributed by atoms with Crippen molar-refractivity contribution in [2.75, 3.05) is 12.3 Å². The Labute approximate surface area is 126 Å². The van der Waals surface area contributed by atoms with Gasteiger partial charge in [-0.25, -0.2) is 0 Å². The van der Waals surface area contributed by atoms with Crippen LogP contribution >= 0.6 is 0 Å². The van der Waals surface area contributed by atoms with Crippen molar-refractivity contribution in [2.45, 2.75) is 52.0 Å². The highest BCUT2D eigenvalue weighted by atomic mass is 16.3. The van der Waals surface area contributed by atoms with Crippen molar-refractivity contribution in [3.8, 4) is 5.75 Å². The van der Waals surface area contributed by atoms with Gasteiger partial charge in [-0.15, -0.1) is 0 Å². The van der Waals surface area contributed by atoms with Crippen LogP contribution in [-0.2, 0) is 0 Å². The van der Waals surface area contributed by atoms with E-state index in [-0.39, 0.29) is 11.7 Å². The fraction of sp³-hybridized carbons (Fsp3) is 0.588. The third-order valence-electron chi connectivity index (χ3n) is 4.25. The summed E-state index contributed by atoms with van der Waals surface area (Å²) in [6.45, 7) is 5.13. The van der Waals surface area contributed by atoms with Crippen LogP contribution in [0.15, 0.2) is 18.2 Å². The predicted molar refractivity (Wildman–Crippen MR) is 85.3 cm³/mol. The number of nitrogen functional groups attached to an aromatic ring is 1. The Bertz CT molecular complexity index is 494. The second kappa shape index (κ2) is 6.83. The van der Waals surface area contributed by atoms with E-state index in [1.165, 1.54) is 18.9 Å². The lowest BCUT2D eigenvalue weighted by atomic mass is 10.1. The number of hydrogen-bond donors (Lipinski definition) is 2. The Morgan fingerprint density at radius 1 is 1.38 bits per heavy atom. The monoisotopic (exact) mass is 290 g/mol. The van der Waals surface area contributed by atoms with Crippen molar-refractivity contribution < 1.29 is 9.90 Å². The number of nitrogens with two attached hydrogens (primary N) is 1. The van der Waals surface area contributed by atoms with Crippen LogP contribution in [0.3, 0.4) is 0 Å². The molecule has 1 aromatic carbocycles. The molecule has 1 saturated carbocycles. The summed E-state index contributed by atoms with van der Waals surface area (Å²) in [4.78, 5) is 14.8. The zero-order chi connectivity index (χ0) is 15.4. The fourth-order valence-corrected chi connectivity index (χ4v) is 2.91. The molecule has 4 nitrogen and oxygen atoms in total. The number of hydrogen-bond acceptors (Lipinski definition) is 3. The molecule has 0 aromatic heterocycles. The van der Waals surface area contributed by atoms with Crippen LogP contribution < -0.4 is 5.73 Å². The van der Waals surface area contributed by atoms with E-state index >= 15 is 0 Å². The van der Waals surface area contributed by atoms with E-state index in [4.69, 9.17) is 5.73 Å². The predicted octanol–water partition coefficient (Wildman–Crippen LogP) is 3.41. The molecule has 1 fully saturated rings. The number of carbonyl (C=O) groups is 1. The molecule has 0 saturated heterocycles. The third kappa shape index (κ3) is 3.90. The van der Waals surface area contributed by atoms with E-state index in [1.807, 2.05) is 4.90 Å². The number of rotatable bonds is 5. The van der Waals surface area contributed by atoms with Crippen LogP contribution in [0.5, 0.6) is 5.75 Å². The standard InChI is InChI=1S/C17H26N2O2/c1-12(2)9-10-19(14-5-3-4-6-14)17(21)13-7-8-15(18)16(20)11-13/h7-8,11-12,14,20H,3-6,9-10,18H2,1-2H3. The first kappa shape index (κ1) is 15.7.